The molecule has 8 heteroatoms. The number of H-pyrrole nitrogens is 1. The van der Waals surface area contributed by atoms with Crippen LogP contribution in [-0.2, 0) is 20.6 Å². The van der Waals surface area contributed by atoms with Crippen LogP contribution in [0, 0.1) is 5.92 Å². The third-order valence-corrected chi connectivity index (χ3v) is 6.22. The fraction of sp³-hybridized carbons (Fsp3) is 0.500. The number of anilines is 1. The molecule has 30 heavy (non-hydrogen) atoms. The molecule has 3 heterocycles. The van der Waals surface area contributed by atoms with Gasteiger partial charge in [0.2, 0.25) is 5.95 Å². The second kappa shape index (κ2) is 8.10. The number of nitrogens with zero attached hydrogens (tertiary/aromatic N) is 4. The smallest absolute Gasteiger partial charge is 0.328 e. The van der Waals surface area contributed by atoms with Gasteiger partial charge >= 0.3 is 5.69 Å². The Bertz CT molecular complexity index is 1170. The minimum absolute atomic E-state index is 0.0316. The Kier molecular flexibility index (Phi) is 5.51. The molecule has 1 aliphatic rings. The van der Waals surface area contributed by atoms with Crippen molar-refractivity contribution in [2.75, 3.05) is 18.0 Å². The Morgan fingerprint density at radius 1 is 1.13 bits per heavy atom. The molecule has 1 atom stereocenters. The molecule has 2 aromatic heterocycles. The predicted molar refractivity (Wildman–Crippen MR) is 119 cm³/mol. The zero-order valence-electron chi connectivity index (χ0n) is 18.1. The highest BCUT2D eigenvalue weighted by atomic mass is 16.1. The first-order valence-corrected chi connectivity index (χ1v) is 10.6. The Hall–Kier alpha value is -2.87. The van der Waals surface area contributed by atoms with Crippen LogP contribution in [0.3, 0.4) is 0 Å². The molecule has 0 saturated carbocycles. The molecule has 1 aliphatic heterocycles. The van der Waals surface area contributed by atoms with E-state index in [0.717, 1.165) is 54.1 Å². The van der Waals surface area contributed by atoms with E-state index in [4.69, 9.17) is 4.98 Å². The molecular weight excluding hydrogens is 380 g/mol. The lowest BCUT2D eigenvalue weighted by atomic mass is 10.00. The van der Waals surface area contributed by atoms with E-state index in [0.29, 0.717) is 12.5 Å². The van der Waals surface area contributed by atoms with Gasteiger partial charge in [-0.1, -0.05) is 13.0 Å². The zero-order valence-corrected chi connectivity index (χ0v) is 18.1. The second-order valence-corrected chi connectivity index (χ2v) is 8.49. The lowest BCUT2D eigenvalue weighted by molar-refractivity contribution is 0.433. The first-order chi connectivity index (χ1) is 14.3. The van der Waals surface area contributed by atoms with Crippen LogP contribution >= 0.6 is 0 Å². The van der Waals surface area contributed by atoms with E-state index in [9.17, 15) is 9.59 Å². The third-order valence-electron chi connectivity index (χ3n) is 6.22. The molecule has 160 valence electrons. The largest absolute Gasteiger partial charge is 0.342 e. The van der Waals surface area contributed by atoms with Crippen molar-refractivity contribution in [1.82, 2.24) is 24.4 Å². The maximum Gasteiger partial charge on any atom is 0.328 e. The normalized spacial score (nSPS) is 16.3. The molecule has 8 nitrogen and oxygen atoms in total. The number of piperidine rings is 1. The van der Waals surface area contributed by atoms with Crippen LogP contribution in [0.25, 0.3) is 11.0 Å². The van der Waals surface area contributed by atoms with Gasteiger partial charge in [0.25, 0.3) is 5.56 Å². The van der Waals surface area contributed by atoms with E-state index in [1.807, 2.05) is 25.1 Å². The minimum atomic E-state index is -0.122. The van der Waals surface area contributed by atoms with Crippen LogP contribution in [0.15, 0.2) is 33.9 Å². The number of aromatic nitrogens is 4. The number of aryl methyl sites for hydroxylation is 2. The average Bonchev–Trinajstić information content (AvgIpc) is 2.96. The summed E-state index contributed by atoms with van der Waals surface area (Å²) >= 11 is 0. The van der Waals surface area contributed by atoms with Crippen LogP contribution < -0.4 is 21.5 Å². The van der Waals surface area contributed by atoms with Gasteiger partial charge in [0.05, 0.1) is 16.7 Å². The standard InChI is InChI=1S/C22H30N6O2/c1-14-7-9-28(10-8-14)21-24-17(12-20(29)25-21)15(2)23-13-16-5-6-18-19(11-16)27(4)22(30)26(18)3/h5-6,11-12,14-15,23H,7-10,13H2,1-4H3,(H,24,25,29)/t15-/m0/s1. The Labute approximate surface area is 175 Å². The summed E-state index contributed by atoms with van der Waals surface area (Å²) in [5.41, 5.74) is 3.48. The van der Waals surface area contributed by atoms with Crippen molar-refractivity contribution in [3.63, 3.8) is 0 Å². The molecule has 0 unspecified atom stereocenters. The van der Waals surface area contributed by atoms with Gasteiger partial charge in [-0.2, -0.15) is 0 Å². The Morgan fingerprint density at radius 2 is 1.83 bits per heavy atom. The number of aromatic amines is 1. The maximum absolute atomic E-state index is 12.2. The van der Waals surface area contributed by atoms with E-state index in [1.165, 1.54) is 0 Å². The molecule has 0 spiro atoms. The van der Waals surface area contributed by atoms with Gasteiger partial charge in [-0.15, -0.1) is 0 Å². The van der Waals surface area contributed by atoms with Crippen molar-refractivity contribution in [2.24, 2.45) is 20.0 Å². The summed E-state index contributed by atoms with van der Waals surface area (Å²) < 4.78 is 3.31. The summed E-state index contributed by atoms with van der Waals surface area (Å²) in [6.07, 6.45) is 2.23. The highest BCUT2D eigenvalue weighted by Crippen LogP contribution is 2.21. The quantitative estimate of drug-likeness (QED) is 0.672. The van der Waals surface area contributed by atoms with Crippen molar-refractivity contribution in [3.8, 4) is 0 Å². The highest BCUT2D eigenvalue weighted by molar-refractivity contribution is 5.76. The molecule has 0 amide bonds. The van der Waals surface area contributed by atoms with Crippen LogP contribution in [-0.4, -0.2) is 32.2 Å². The van der Waals surface area contributed by atoms with Gasteiger partial charge in [0, 0.05) is 45.8 Å². The van der Waals surface area contributed by atoms with E-state index in [2.05, 4.69) is 22.1 Å². The highest BCUT2D eigenvalue weighted by Gasteiger charge is 2.19. The van der Waals surface area contributed by atoms with Crippen LogP contribution in [0.4, 0.5) is 5.95 Å². The fourth-order valence-corrected chi connectivity index (χ4v) is 4.09. The number of nitrogens with one attached hydrogen (secondary N) is 2. The molecule has 3 aromatic rings. The SMILES string of the molecule is CC1CCN(c2nc([C@H](C)NCc3ccc4c(c3)n(C)c(=O)n4C)cc(=O)[nH]2)CC1. The number of fused-ring (bicyclic) bond motifs is 1. The van der Waals surface area contributed by atoms with Crippen molar-refractivity contribution >= 4 is 17.0 Å². The number of hydrogen-bond donors (Lipinski definition) is 2. The summed E-state index contributed by atoms with van der Waals surface area (Å²) in [7, 11) is 3.57. The summed E-state index contributed by atoms with van der Waals surface area (Å²) in [4.78, 5) is 34.2. The molecular formula is C22H30N6O2. The van der Waals surface area contributed by atoms with Crippen LogP contribution in [0.2, 0.25) is 0 Å². The average molecular weight is 411 g/mol. The molecule has 1 saturated heterocycles. The molecule has 1 aromatic carbocycles. The van der Waals surface area contributed by atoms with E-state index >= 15 is 0 Å². The Balaban J connectivity index is 1.49. The van der Waals surface area contributed by atoms with E-state index in [-0.39, 0.29) is 17.3 Å². The van der Waals surface area contributed by atoms with Crippen molar-refractivity contribution in [3.05, 3.63) is 56.4 Å². The van der Waals surface area contributed by atoms with Gasteiger partial charge in [-0.25, -0.2) is 9.78 Å². The topological polar surface area (TPSA) is 87.9 Å². The van der Waals surface area contributed by atoms with E-state index < -0.39 is 0 Å². The first-order valence-electron chi connectivity index (χ1n) is 10.6. The summed E-state index contributed by atoms with van der Waals surface area (Å²) in [5.74, 6) is 1.39. The Morgan fingerprint density at radius 3 is 2.57 bits per heavy atom. The van der Waals surface area contributed by atoms with E-state index in [1.54, 1.807) is 29.3 Å². The summed E-state index contributed by atoms with van der Waals surface area (Å²) in [6.45, 7) is 6.74. The number of hydrogen-bond acceptors (Lipinski definition) is 5. The lowest BCUT2D eigenvalue weighted by Crippen LogP contribution is -2.35. The molecule has 0 aliphatic carbocycles. The molecule has 0 bridgehead atoms. The number of rotatable bonds is 5. The van der Waals surface area contributed by atoms with Crippen LogP contribution in [0.5, 0.6) is 0 Å². The maximum atomic E-state index is 12.2. The third kappa shape index (κ3) is 3.92. The molecule has 4 rings (SSSR count). The monoisotopic (exact) mass is 410 g/mol. The molecule has 2 N–H and O–H groups in total. The van der Waals surface area contributed by atoms with Gasteiger partial charge in [-0.05, 0) is 43.4 Å². The number of imidazole rings is 1. The zero-order chi connectivity index (χ0) is 21.4. The van der Waals surface area contributed by atoms with Crippen molar-refractivity contribution < 1.29 is 0 Å². The predicted octanol–water partition coefficient (Wildman–Crippen LogP) is 2.05. The number of benzene rings is 1. The van der Waals surface area contributed by atoms with Crippen LogP contribution in [0.1, 0.15) is 44.0 Å². The molecule has 1 fully saturated rings. The second-order valence-electron chi connectivity index (χ2n) is 8.49. The minimum Gasteiger partial charge on any atom is -0.342 e. The fourth-order valence-electron chi connectivity index (χ4n) is 4.09. The van der Waals surface area contributed by atoms with Gasteiger partial charge in [0.1, 0.15) is 0 Å². The lowest BCUT2D eigenvalue weighted by Gasteiger charge is -2.31. The van der Waals surface area contributed by atoms with Crippen molar-refractivity contribution in [1.29, 1.82) is 0 Å². The molecule has 0 radical (unpaired) electrons. The summed E-state index contributed by atoms with van der Waals surface area (Å²) in [6, 6.07) is 7.51. The van der Waals surface area contributed by atoms with Crippen molar-refractivity contribution in [2.45, 2.75) is 39.3 Å². The van der Waals surface area contributed by atoms with Gasteiger partial charge in [-0.3, -0.25) is 18.9 Å². The first kappa shape index (κ1) is 20.4. The van der Waals surface area contributed by atoms with Gasteiger partial charge < -0.3 is 10.2 Å². The summed E-state index contributed by atoms with van der Waals surface area (Å²) in [5, 5.41) is 3.46. The van der Waals surface area contributed by atoms with Gasteiger partial charge in [0.15, 0.2) is 0 Å².